The number of hydrogen-bond acceptors (Lipinski definition) is 3. The number of anilines is 1. The maximum atomic E-state index is 13.3. The molecule has 72 valence electrons. The standard InChI is InChI=1S/C8H11ClFN3/c1-5(3-9)13-8-7(10)6(2)11-4-12-8/h4-5H,3H2,1-2H3,(H,11,12,13). The summed E-state index contributed by atoms with van der Waals surface area (Å²) < 4.78 is 13.3. The van der Waals surface area contributed by atoms with Crippen LogP contribution in [0.4, 0.5) is 10.2 Å². The zero-order chi connectivity index (χ0) is 9.84. The zero-order valence-corrected chi connectivity index (χ0v) is 8.27. The third-order valence-electron chi connectivity index (χ3n) is 1.58. The molecule has 1 N–H and O–H groups in total. The molecule has 0 saturated heterocycles. The minimum atomic E-state index is -0.417. The minimum Gasteiger partial charge on any atom is -0.364 e. The fraction of sp³-hybridized carbons (Fsp3) is 0.500. The van der Waals surface area contributed by atoms with Crippen molar-refractivity contribution in [1.82, 2.24) is 9.97 Å². The Morgan fingerprint density at radius 3 is 2.92 bits per heavy atom. The van der Waals surface area contributed by atoms with Crippen molar-refractivity contribution in [3.05, 3.63) is 17.8 Å². The van der Waals surface area contributed by atoms with Crippen molar-refractivity contribution in [2.24, 2.45) is 0 Å². The van der Waals surface area contributed by atoms with Crippen LogP contribution in [0.25, 0.3) is 0 Å². The van der Waals surface area contributed by atoms with Gasteiger partial charge in [0.05, 0.1) is 5.69 Å². The van der Waals surface area contributed by atoms with E-state index in [1.54, 1.807) is 6.92 Å². The van der Waals surface area contributed by atoms with Crippen LogP contribution in [0.2, 0.25) is 0 Å². The lowest BCUT2D eigenvalue weighted by molar-refractivity contribution is 0.602. The summed E-state index contributed by atoms with van der Waals surface area (Å²) in [6.07, 6.45) is 1.32. The third kappa shape index (κ3) is 2.52. The lowest BCUT2D eigenvalue weighted by Crippen LogP contribution is -2.19. The molecule has 0 amide bonds. The average Bonchev–Trinajstić information content (AvgIpc) is 2.13. The van der Waals surface area contributed by atoms with E-state index in [4.69, 9.17) is 11.6 Å². The molecule has 1 heterocycles. The van der Waals surface area contributed by atoms with Crippen LogP contribution in [-0.2, 0) is 0 Å². The van der Waals surface area contributed by atoms with E-state index >= 15 is 0 Å². The van der Waals surface area contributed by atoms with Crippen LogP contribution in [0.1, 0.15) is 12.6 Å². The third-order valence-corrected chi connectivity index (χ3v) is 2.04. The first kappa shape index (κ1) is 10.2. The Morgan fingerprint density at radius 1 is 1.62 bits per heavy atom. The smallest absolute Gasteiger partial charge is 0.186 e. The Bertz CT molecular complexity index is 293. The summed E-state index contributed by atoms with van der Waals surface area (Å²) in [5.41, 5.74) is 0.333. The van der Waals surface area contributed by atoms with E-state index in [2.05, 4.69) is 15.3 Å². The summed E-state index contributed by atoms with van der Waals surface area (Å²) in [4.78, 5) is 7.48. The molecule has 0 fully saturated rings. The van der Waals surface area contributed by atoms with Gasteiger partial charge in [0.2, 0.25) is 0 Å². The van der Waals surface area contributed by atoms with Crippen molar-refractivity contribution in [3.8, 4) is 0 Å². The van der Waals surface area contributed by atoms with Crippen molar-refractivity contribution in [2.45, 2.75) is 19.9 Å². The minimum absolute atomic E-state index is 0.00883. The van der Waals surface area contributed by atoms with E-state index in [1.165, 1.54) is 6.33 Å². The topological polar surface area (TPSA) is 37.8 Å². The van der Waals surface area contributed by atoms with Gasteiger partial charge in [-0.1, -0.05) is 0 Å². The average molecular weight is 204 g/mol. The highest BCUT2D eigenvalue weighted by molar-refractivity contribution is 6.18. The van der Waals surface area contributed by atoms with Gasteiger partial charge in [-0.15, -0.1) is 11.6 Å². The maximum absolute atomic E-state index is 13.3. The first-order valence-corrected chi connectivity index (χ1v) is 4.48. The molecule has 0 bridgehead atoms. The largest absolute Gasteiger partial charge is 0.364 e. The van der Waals surface area contributed by atoms with Crippen molar-refractivity contribution < 1.29 is 4.39 Å². The van der Waals surface area contributed by atoms with Gasteiger partial charge in [0.25, 0.3) is 0 Å². The molecule has 0 radical (unpaired) electrons. The number of nitrogens with zero attached hydrogens (tertiary/aromatic N) is 2. The number of nitrogens with one attached hydrogen (secondary N) is 1. The van der Waals surface area contributed by atoms with E-state index in [9.17, 15) is 4.39 Å². The van der Waals surface area contributed by atoms with E-state index in [0.29, 0.717) is 11.6 Å². The van der Waals surface area contributed by atoms with Gasteiger partial charge < -0.3 is 5.32 Å². The molecule has 1 rings (SSSR count). The molecular formula is C8H11ClFN3. The number of halogens is 2. The molecule has 3 nitrogen and oxygen atoms in total. The highest BCUT2D eigenvalue weighted by Crippen LogP contribution is 2.12. The number of hydrogen-bond donors (Lipinski definition) is 1. The Morgan fingerprint density at radius 2 is 2.31 bits per heavy atom. The van der Waals surface area contributed by atoms with Crippen LogP contribution in [0.5, 0.6) is 0 Å². The molecule has 0 aliphatic heterocycles. The summed E-state index contributed by atoms with van der Waals surface area (Å²) in [6, 6.07) is -0.00883. The number of aryl methyl sites for hydroxylation is 1. The molecule has 0 aliphatic rings. The number of rotatable bonds is 3. The van der Waals surface area contributed by atoms with E-state index in [-0.39, 0.29) is 11.9 Å². The van der Waals surface area contributed by atoms with Crippen molar-refractivity contribution in [2.75, 3.05) is 11.2 Å². The van der Waals surface area contributed by atoms with Gasteiger partial charge in [-0.2, -0.15) is 0 Å². The lowest BCUT2D eigenvalue weighted by atomic mass is 10.3. The molecule has 1 unspecified atom stereocenters. The predicted octanol–water partition coefficient (Wildman–Crippen LogP) is 1.96. The summed E-state index contributed by atoms with van der Waals surface area (Å²) in [6.45, 7) is 3.44. The Labute approximate surface area is 81.3 Å². The van der Waals surface area contributed by atoms with Crippen LogP contribution in [0.3, 0.4) is 0 Å². The molecule has 0 aromatic carbocycles. The first-order chi connectivity index (χ1) is 6.15. The summed E-state index contributed by atoms with van der Waals surface area (Å²) in [7, 11) is 0. The van der Waals surface area contributed by atoms with Crippen LogP contribution in [0.15, 0.2) is 6.33 Å². The Balaban J connectivity index is 2.83. The maximum Gasteiger partial charge on any atom is 0.186 e. The van der Waals surface area contributed by atoms with Gasteiger partial charge in [0.15, 0.2) is 11.6 Å². The second-order valence-corrected chi connectivity index (χ2v) is 3.13. The molecule has 0 spiro atoms. The molecular weight excluding hydrogens is 193 g/mol. The van der Waals surface area contributed by atoms with Crippen LogP contribution in [-0.4, -0.2) is 21.9 Å². The fourth-order valence-electron chi connectivity index (χ4n) is 0.831. The number of aromatic nitrogens is 2. The Hall–Kier alpha value is -0.900. The van der Waals surface area contributed by atoms with Gasteiger partial charge in [-0.05, 0) is 13.8 Å². The highest BCUT2D eigenvalue weighted by atomic mass is 35.5. The predicted molar refractivity (Wildman–Crippen MR) is 50.5 cm³/mol. The SMILES string of the molecule is Cc1ncnc(NC(C)CCl)c1F. The molecule has 1 atom stereocenters. The normalized spacial score (nSPS) is 12.6. The van der Waals surface area contributed by atoms with Crippen molar-refractivity contribution >= 4 is 17.4 Å². The molecule has 0 saturated carbocycles. The molecule has 13 heavy (non-hydrogen) atoms. The first-order valence-electron chi connectivity index (χ1n) is 3.94. The second-order valence-electron chi connectivity index (χ2n) is 2.82. The quantitative estimate of drug-likeness (QED) is 0.764. The van der Waals surface area contributed by atoms with Gasteiger partial charge in [0.1, 0.15) is 6.33 Å². The molecule has 5 heteroatoms. The van der Waals surface area contributed by atoms with Crippen LogP contribution >= 0.6 is 11.6 Å². The lowest BCUT2D eigenvalue weighted by Gasteiger charge is -2.11. The summed E-state index contributed by atoms with van der Waals surface area (Å²) >= 11 is 5.57. The summed E-state index contributed by atoms with van der Waals surface area (Å²) in [5.74, 6) is 0.197. The fourth-order valence-corrected chi connectivity index (χ4v) is 0.908. The summed E-state index contributed by atoms with van der Waals surface area (Å²) in [5, 5.41) is 2.84. The van der Waals surface area contributed by atoms with Gasteiger partial charge in [-0.3, -0.25) is 0 Å². The van der Waals surface area contributed by atoms with Gasteiger partial charge in [0, 0.05) is 11.9 Å². The molecule has 0 aliphatic carbocycles. The highest BCUT2D eigenvalue weighted by Gasteiger charge is 2.09. The van der Waals surface area contributed by atoms with E-state index in [0.717, 1.165) is 0 Å². The molecule has 1 aromatic heterocycles. The van der Waals surface area contributed by atoms with Crippen molar-refractivity contribution in [3.63, 3.8) is 0 Å². The second kappa shape index (κ2) is 4.37. The zero-order valence-electron chi connectivity index (χ0n) is 7.51. The number of alkyl halides is 1. The van der Waals surface area contributed by atoms with E-state index in [1.807, 2.05) is 6.92 Å². The Kier molecular flexibility index (Phi) is 3.42. The van der Waals surface area contributed by atoms with E-state index < -0.39 is 5.82 Å². The monoisotopic (exact) mass is 203 g/mol. The van der Waals surface area contributed by atoms with Gasteiger partial charge >= 0.3 is 0 Å². The molecule has 1 aromatic rings. The van der Waals surface area contributed by atoms with Gasteiger partial charge in [-0.25, -0.2) is 14.4 Å². The van der Waals surface area contributed by atoms with Crippen LogP contribution < -0.4 is 5.32 Å². The van der Waals surface area contributed by atoms with Crippen LogP contribution in [0, 0.1) is 12.7 Å². The van der Waals surface area contributed by atoms with Crippen molar-refractivity contribution in [1.29, 1.82) is 0 Å².